The third kappa shape index (κ3) is 5.04. The fourth-order valence-electron chi connectivity index (χ4n) is 2.00. The van der Waals surface area contributed by atoms with Crippen molar-refractivity contribution in [3.63, 3.8) is 0 Å². The highest BCUT2D eigenvalue weighted by Gasteiger charge is 2.18. The molecule has 0 bridgehead atoms. The Balaban J connectivity index is 2.00. The van der Waals surface area contributed by atoms with Crippen molar-refractivity contribution in [1.29, 1.82) is 0 Å². The Morgan fingerprint density at radius 2 is 1.96 bits per heavy atom. The fourth-order valence-corrected chi connectivity index (χ4v) is 3.73. The lowest BCUT2D eigenvalue weighted by atomic mass is 10.2. The average Bonchev–Trinajstić information content (AvgIpc) is 3.08. The summed E-state index contributed by atoms with van der Waals surface area (Å²) in [5, 5.41) is 3.88. The van der Waals surface area contributed by atoms with E-state index in [0.29, 0.717) is 12.4 Å². The molecule has 1 aromatic heterocycles. The number of hydrogen-bond donors (Lipinski definition) is 1. The summed E-state index contributed by atoms with van der Waals surface area (Å²) in [5.74, 6) is 0.666. The minimum atomic E-state index is -3.58. The van der Waals surface area contributed by atoms with E-state index in [-0.39, 0.29) is 17.5 Å². The van der Waals surface area contributed by atoms with Crippen LogP contribution < -0.4 is 9.46 Å². The molecule has 2 aromatic rings. The van der Waals surface area contributed by atoms with Gasteiger partial charge in [-0.1, -0.05) is 6.92 Å². The Morgan fingerprint density at radius 1 is 1.22 bits per heavy atom. The number of nitrogens with one attached hydrogen (secondary N) is 1. The minimum Gasteiger partial charge on any atom is -0.494 e. The van der Waals surface area contributed by atoms with E-state index in [1.807, 2.05) is 23.8 Å². The fraction of sp³-hybridized carbons (Fsp3) is 0.375. The highest BCUT2D eigenvalue weighted by Crippen LogP contribution is 2.20. The molecule has 0 radical (unpaired) electrons. The number of thiophene rings is 1. The highest BCUT2D eigenvalue weighted by atomic mass is 32.2. The molecule has 1 heterocycles. The maximum atomic E-state index is 12.3. The zero-order valence-electron chi connectivity index (χ0n) is 13.2. The Morgan fingerprint density at radius 3 is 2.52 bits per heavy atom. The molecule has 0 saturated heterocycles. The van der Waals surface area contributed by atoms with E-state index in [4.69, 9.17) is 9.47 Å². The molecule has 1 atom stereocenters. The maximum Gasteiger partial charge on any atom is 0.240 e. The lowest BCUT2D eigenvalue weighted by Gasteiger charge is -2.15. The molecular formula is C16H21NO4S2. The van der Waals surface area contributed by atoms with Gasteiger partial charge in [0.05, 0.1) is 17.6 Å². The molecule has 0 aliphatic rings. The molecule has 23 heavy (non-hydrogen) atoms. The molecule has 126 valence electrons. The Kier molecular flexibility index (Phi) is 6.59. The minimum absolute atomic E-state index is 0.184. The van der Waals surface area contributed by atoms with Crippen molar-refractivity contribution in [1.82, 2.24) is 4.72 Å². The maximum absolute atomic E-state index is 12.3. The van der Waals surface area contributed by atoms with E-state index < -0.39 is 10.0 Å². The highest BCUT2D eigenvalue weighted by molar-refractivity contribution is 7.89. The van der Waals surface area contributed by atoms with Gasteiger partial charge in [0.25, 0.3) is 0 Å². The summed E-state index contributed by atoms with van der Waals surface area (Å²) < 4.78 is 38.1. The first-order valence-corrected chi connectivity index (χ1v) is 9.77. The largest absolute Gasteiger partial charge is 0.494 e. The van der Waals surface area contributed by atoms with Crippen molar-refractivity contribution >= 4 is 21.4 Å². The quantitative estimate of drug-likeness (QED) is 0.750. The lowest BCUT2D eigenvalue weighted by molar-refractivity contribution is 0.107. The third-order valence-corrected chi connectivity index (χ3v) is 5.41. The zero-order valence-corrected chi connectivity index (χ0v) is 14.8. The first kappa shape index (κ1) is 17.9. The number of sulfonamides is 1. The van der Waals surface area contributed by atoms with E-state index in [0.717, 1.165) is 12.0 Å². The molecule has 1 aromatic carbocycles. The van der Waals surface area contributed by atoms with Crippen LogP contribution in [0.15, 0.2) is 46.0 Å². The Labute approximate surface area is 141 Å². The number of rotatable bonds is 9. The summed E-state index contributed by atoms with van der Waals surface area (Å²) in [6.45, 7) is 2.81. The number of hydrogen-bond acceptors (Lipinski definition) is 5. The van der Waals surface area contributed by atoms with Gasteiger partial charge in [-0.3, -0.25) is 0 Å². The topological polar surface area (TPSA) is 64.6 Å². The first-order valence-electron chi connectivity index (χ1n) is 7.34. The molecule has 0 saturated carbocycles. The normalized spacial score (nSPS) is 13.0. The second-order valence-electron chi connectivity index (χ2n) is 4.95. The van der Waals surface area contributed by atoms with Crippen LogP contribution in [0.3, 0.4) is 0 Å². The van der Waals surface area contributed by atoms with Gasteiger partial charge in [0.2, 0.25) is 10.0 Å². The van der Waals surface area contributed by atoms with Crippen LogP contribution in [0.2, 0.25) is 0 Å². The number of methoxy groups -OCH3 is 1. The van der Waals surface area contributed by atoms with Crippen molar-refractivity contribution in [3.05, 3.63) is 46.7 Å². The van der Waals surface area contributed by atoms with E-state index in [2.05, 4.69) is 4.72 Å². The van der Waals surface area contributed by atoms with Gasteiger partial charge in [0.1, 0.15) is 5.75 Å². The molecule has 1 N–H and O–H groups in total. The lowest BCUT2D eigenvalue weighted by Crippen LogP contribution is -2.29. The second kappa shape index (κ2) is 8.44. The smallest absolute Gasteiger partial charge is 0.240 e. The summed E-state index contributed by atoms with van der Waals surface area (Å²) in [6, 6.07) is 8.33. The van der Waals surface area contributed by atoms with E-state index >= 15 is 0 Å². The molecule has 7 heteroatoms. The molecule has 1 unspecified atom stereocenters. The van der Waals surface area contributed by atoms with E-state index in [9.17, 15) is 8.42 Å². The molecule has 2 rings (SSSR count). The van der Waals surface area contributed by atoms with Gasteiger partial charge < -0.3 is 9.47 Å². The van der Waals surface area contributed by atoms with Gasteiger partial charge in [-0.05, 0) is 53.1 Å². The van der Waals surface area contributed by atoms with Crippen LogP contribution in [0.1, 0.15) is 25.0 Å². The molecular weight excluding hydrogens is 334 g/mol. The standard InChI is InChI=1S/C16H21NO4S2/c1-3-9-21-14-4-6-15(7-5-14)23(18,19)17-11-16(20-2)13-8-10-22-12-13/h4-8,10,12,16-17H,3,9,11H2,1-2H3. The molecule has 0 aliphatic carbocycles. The van der Waals surface area contributed by atoms with Crippen molar-refractivity contribution < 1.29 is 17.9 Å². The van der Waals surface area contributed by atoms with E-state index in [1.54, 1.807) is 42.7 Å². The Bertz CT molecular complexity index is 681. The van der Waals surface area contributed by atoms with Gasteiger partial charge >= 0.3 is 0 Å². The van der Waals surface area contributed by atoms with Crippen molar-refractivity contribution in [2.75, 3.05) is 20.3 Å². The van der Waals surface area contributed by atoms with Gasteiger partial charge in [0, 0.05) is 13.7 Å². The zero-order chi connectivity index (χ0) is 16.7. The van der Waals surface area contributed by atoms with Crippen molar-refractivity contribution in [2.45, 2.75) is 24.3 Å². The number of benzene rings is 1. The average molecular weight is 355 g/mol. The molecule has 0 aliphatic heterocycles. The van der Waals surface area contributed by atoms with Crippen LogP contribution in [-0.2, 0) is 14.8 Å². The van der Waals surface area contributed by atoms with Gasteiger partial charge in [-0.2, -0.15) is 11.3 Å². The predicted molar refractivity (Wildman–Crippen MR) is 91.5 cm³/mol. The molecule has 0 amide bonds. The Hall–Kier alpha value is -1.41. The van der Waals surface area contributed by atoms with Crippen molar-refractivity contribution in [3.8, 4) is 5.75 Å². The van der Waals surface area contributed by atoms with Gasteiger partial charge in [-0.25, -0.2) is 13.1 Å². The molecule has 0 spiro atoms. The van der Waals surface area contributed by atoms with Crippen molar-refractivity contribution in [2.24, 2.45) is 0 Å². The van der Waals surface area contributed by atoms with Crippen LogP contribution in [0.5, 0.6) is 5.75 Å². The predicted octanol–water partition coefficient (Wildman–Crippen LogP) is 3.20. The first-order chi connectivity index (χ1) is 11.1. The van der Waals surface area contributed by atoms with Gasteiger partial charge in [0.15, 0.2) is 0 Å². The van der Waals surface area contributed by atoms with E-state index in [1.165, 1.54) is 0 Å². The molecule has 5 nitrogen and oxygen atoms in total. The summed E-state index contributed by atoms with van der Waals surface area (Å²) in [7, 11) is -2.01. The summed E-state index contributed by atoms with van der Waals surface area (Å²) >= 11 is 1.55. The SMILES string of the molecule is CCCOc1ccc(S(=O)(=O)NCC(OC)c2ccsc2)cc1. The van der Waals surface area contributed by atoms with Crippen LogP contribution in [0, 0.1) is 0 Å². The van der Waals surface area contributed by atoms with Gasteiger partial charge in [-0.15, -0.1) is 0 Å². The monoisotopic (exact) mass is 355 g/mol. The summed E-state index contributed by atoms with van der Waals surface area (Å²) in [5.41, 5.74) is 0.962. The van der Waals surface area contributed by atoms with Crippen LogP contribution in [0.25, 0.3) is 0 Å². The second-order valence-corrected chi connectivity index (χ2v) is 7.50. The van der Waals surface area contributed by atoms with Crippen LogP contribution >= 0.6 is 11.3 Å². The van der Waals surface area contributed by atoms with Crippen LogP contribution in [0.4, 0.5) is 0 Å². The van der Waals surface area contributed by atoms with Crippen LogP contribution in [-0.4, -0.2) is 28.7 Å². The number of ether oxygens (including phenoxy) is 2. The third-order valence-electron chi connectivity index (χ3n) is 3.27. The molecule has 0 fully saturated rings. The summed E-state index contributed by atoms with van der Waals surface area (Å²) in [4.78, 5) is 0.210. The summed E-state index contributed by atoms with van der Waals surface area (Å²) in [6.07, 6.45) is 0.603.